The molecule has 0 N–H and O–H groups in total. The Labute approximate surface area is 88.2 Å². The minimum Gasteiger partial charge on any atom is -0.369 e. The maximum absolute atomic E-state index is 12.8. The Morgan fingerprint density at radius 2 is 1.79 bits per heavy atom. The highest BCUT2D eigenvalue weighted by molar-refractivity contribution is 5.46. The Morgan fingerprint density at radius 1 is 1.14 bits per heavy atom. The van der Waals surface area contributed by atoms with E-state index in [1.54, 1.807) is 12.1 Å². The van der Waals surface area contributed by atoms with Crippen LogP contribution in [0, 0.1) is 5.82 Å². The quantitative estimate of drug-likeness (QED) is 0.674. The van der Waals surface area contributed by atoms with Gasteiger partial charge in [-0.3, -0.25) is 0 Å². The van der Waals surface area contributed by atoms with Gasteiger partial charge < -0.3 is 9.80 Å². The Hall–Kier alpha value is -1.09. The average molecular weight is 197 g/mol. The van der Waals surface area contributed by atoms with Crippen LogP contribution in [0.1, 0.15) is 4.11 Å². The maximum atomic E-state index is 12.8. The van der Waals surface area contributed by atoms with Gasteiger partial charge in [-0.2, -0.15) is 0 Å². The SMILES string of the molecule is [2H]C([2H])([2H])N1CCN(c2ccc(F)cc2)CC1. The molecule has 2 rings (SSSR count). The largest absolute Gasteiger partial charge is 0.369 e. The van der Waals surface area contributed by atoms with Crippen molar-refractivity contribution in [1.82, 2.24) is 4.90 Å². The minimum absolute atomic E-state index is 0.255. The van der Waals surface area contributed by atoms with E-state index < -0.39 is 6.98 Å². The van der Waals surface area contributed by atoms with E-state index in [0.717, 1.165) is 5.69 Å². The Bertz CT molecular complexity index is 369. The second-order valence-corrected chi connectivity index (χ2v) is 3.45. The molecule has 0 saturated carbocycles. The summed E-state index contributed by atoms with van der Waals surface area (Å²) in [6, 6.07) is 6.29. The van der Waals surface area contributed by atoms with Crippen LogP contribution in [0.4, 0.5) is 10.1 Å². The molecule has 0 bridgehead atoms. The average Bonchev–Trinajstić information content (AvgIpc) is 2.29. The van der Waals surface area contributed by atoms with Crippen molar-refractivity contribution in [2.75, 3.05) is 38.1 Å². The van der Waals surface area contributed by atoms with E-state index >= 15 is 0 Å². The van der Waals surface area contributed by atoms with Crippen molar-refractivity contribution in [3.8, 4) is 0 Å². The van der Waals surface area contributed by atoms with Gasteiger partial charge in [0.2, 0.25) is 0 Å². The van der Waals surface area contributed by atoms with Gasteiger partial charge in [-0.05, 0) is 31.2 Å². The van der Waals surface area contributed by atoms with Crippen molar-refractivity contribution in [3.05, 3.63) is 30.1 Å². The molecule has 1 aromatic carbocycles. The second kappa shape index (κ2) is 3.96. The number of likely N-dealkylation sites (N-methyl/N-ethyl adjacent to an activating group) is 1. The lowest BCUT2D eigenvalue weighted by atomic mass is 10.2. The van der Waals surface area contributed by atoms with E-state index in [-0.39, 0.29) is 5.82 Å². The Morgan fingerprint density at radius 3 is 2.36 bits per heavy atom. The van der Waals surface area contributed by atoms with Crippen molar-refractivity contribution in [1.29, 1.82) is 0 Å². The standard InChI is InChI=1S/C11H15FN2/c1-13-6-8-14(9-7-13)11-4-2-10(12)3-5-11/h2-5H,6-9H2,1H3/i1D3. The highest BCUT2D eigenvalue weighted by Crippen LogP contribution is 2.16. The fraction of sp³-hybridized carbons (Fsp3) is 0.455. The molecule has 1 aromatic rings. The van der Waals surface area contributed by atoms with Crippen molar-refractivity contribution >= 4 is 5.69 Å². The molecule has 0 spiro atoms. The number of nitrogens with zero attached hydrogens (tertiary/aromatic N) is 2. The van der Waals surface area contributed by atoms with Crippen LogP contribution in [0.2, 0.25) is 0 Å². The minimum atomic E-state index is -2.01. The van der Waals surface area contributed by atoms with E-state index in [2.05, 4.69) is 4.90 Å². The van der Waals surface area contributed by atoms with Crippen molar-refractivity contribution in [3.63, 3.8) is 0 Å². The third-order valence-electron chi connectivity index (χ3n) is 2.47. The summed E-state index contributed by atoms with van der Waals surface area (Å²) < 4.78 is 34.7. The zero-order chi connectivity index (χ0) is 12.5. The lowest BCUT2D eigenvalue weighted by Crippen LogP contribution is -2.44. The summed E-state index contributed by atoms with van der Waals surface area (Å²) in [5, 5.41) is 0. The first-order valence-corrected chi connectivity index (χ1v) is 4.72. The predicted molar refractivity (Wildman–Crippen MR) is 56.1 cm³/mol. The van der Waals surface area contributed by atoms with Gasteiger partial charge in [0.25, 0.3) is 0 Å². The lowest BCUT2D eigenvalue weighted by Gasteiger charge is -2.34. The van der Waals surface area contributed by atoms with Crippen LogP contribution in [0.5, 0.6) is 0 Å². The second-order valence-electron chi connectivity index (χ2n) is 3.45. The van der Waals surface area contributed by atoms with Gasteiger partial charge in [-0.25, -0.2) is 4.39 Å². The number of rotatable bonds is 1. The molecule has 3 heteroatoms. The molecule has 0 atom stereocenters. The number of piperazine rings is 1. The highest BCUT2D eigenvalue weighted by Gasteiger charge is 2.13. The Balaban J connectivity index is 1.97. The van der Waals surface area contributed by atoms with Crippen LogP contribution in [0.25, 0.3) is 0 Å². The van der Waals surface area contributed by atoms with Gasteiger partial charge in [-0.15, -0.1) is 0 Å². The zero-order valence-corrected chi connectivity index (χ0v) is 7.91. The predicted octanol–water partition coefficient (Wildman–Crippen LogP) is 1.58. The third-order valence-corrected chi connectivity index (χ3v) is 2.47. The van der Waals surface area contributed by atoms with Crippen LogP contribution in [0.15, 0.2) is 24.3 Å². The van der Waals surface area contributed by atoms with Crippen LogP contribution < -0.4 is 4.90 Å². The van der Waals surface area contributed by atoms with E-state index in [1.807, 2.05) is 0 Å². The van der Waals surface area contributed by atoms with E-state index in [9.17, 15) is 4.39 Å². The van der Waals surface area contributed by atoms with Gasteiger partial charge in [-0.1, -0.05) is 0 Å². The van der Waals surface area contributed by atoms with Crippen molar-refractivity contribution < 1.29 is 8.50 Å². The van der Waals surface area contributed by atoms with Gasteiger partial charge >= 0.3 is 0 Å². The molecule has 76 valence electrons. The molecule has 2 nitrogen and oxygen atoms in total. The summed E-state index contributed by atoms with van der Waals surface area (Å²) in [7, 11) is 0. The molecular weight excluding hydrogens is 179 g/mol. The summed E-state index contributed by atoms with van der Waals surface area (Å²) >= 11 is 0. The van der Waals surface area contributed by atoms with E-state index in [4.69, 9.17) is 4.11 Å². The summed E-state index contributed by atoms with van der Waals surface area (Å²) in [6.07, 6.45) is 0. The molecule has 0 aromatic heterocycles. The molecule has 1 saturated heterocycles. The lowest BCUT2D eigenvalue weighted by molar-refractivity contribution is 0.313. The van der Waals surface area contributed by atoms with Crippen molar-refractivity contribution in [2.45, 2.75) is 0 Å². The first-order valence-electron chi connectivity index (χ1n) is 6.22. The van der Waals surface area contributed by atoms with Gasteiger partial charge in [0, 0.05) is 36.0 Å². The summed E-state index contributed by atoms with van der Waals surface area (Å²) in [5.41, 5.74) is 0.941. The number of hydrogen-bond acceptors (Lipinski definition) is 2. The summed E-state index contributed by atoms with van der Waals surface area (Å²) in [4.78, 5) is 3.56. The molecule has 0 radical (unpaired) electrons. The molecule has 0 aliphatic carbocycles. The number of hydrogen-bond donors (Lipinski definition) is 0. The molecule has 1 heterocycles. The number of anilines is 1. The van der Waals surface area contributed by atoms with Gasteiger partial charge in [0.05, 0.1) is 0 Å². The molecule has 0 amide bonds. The molecule has 0 unspecified atom stereocenters. The molecule has 1 aliphatic rings. The van der Waals surface area contributed by atoms with Crippen LogP contribution in [-0.4, -0.2) is 38.1 Å². The van der Waals surface area contributed by atoms with E-state index in [1.165, 1.54) is 17.0 Å². The Kier molecular flexibility index (Phi) is 1.81. The maximum Gasteiger partial charge on any atom is 0.123 e. The number of halogens is 1. The van der Waals surface area contributed by atoms with Gasteiger partial charge in [0.15, 0.2) is 0 Å². The summed E-state index contributed by atoms with van der Waals surface area (Å²) in [6.45, 7) is 0.324. The monoisotopic (exact) mass is 197 g/mol. The van der Waals surface area contributed by atoms with Crippen LogP contribution in [0.3, 0.4) is 0 Å². The fourth-order valence-electron chi connectivity index (χ4n) is 1.62. The first kappa shape index (κ1) is 6.40. The van der Waals surface area contributed by atoms with Crippen LogP contribution in [-0.2, 0) is 0 Å². The molecule has 1 fully saturated rings. The smallest absolute Gasteiger partial charge is 0.123 e. The molecule has 1 aliphatic heterocycles. The third kappa shape index (κ3) is 2.04. The van der Waals surface area contributed by atoms with Crippen molar-refractivity contribution in [2.24, 2.45) is 0 Å². The fourth-order valence-corrected chi connectivity index (χ4v) is 1.62. The number of benzene rings is 1. The topological polar surface area (TPSA) is 6.48 Å². The zero-order valence-electron chi connectivity index (χ0n) is 10.9. The van der Waals surface area contributed by atoms with Gasteiger partial charge in [0.1, 0.15) is 5.82 Å². The van der Waals surface area contributed by atoms with Crippen LogP contribution >= 0.6 is 0 Å². The summed E-state index contributed by atoms with van der Waals surface area (Å²) in [5.74, 6) is -0.255. The van der Waals surface area contributed by atoms with E-state index in [0.29, 0.717) is 26.2 Å². The molecule has 14 heavy (non-hydrogen) atoms. The first-order chi connectivity index (χ1) is 7.97. The highest BCUT2D eigenvalue weighted by atomic mass is 19.1. The normalized spacial score (nSPS) is 22.6. The molecular formula is C11H15FN2.